The molecule has 0 amide bonds. The molecule has 0 saturated heterocycles. The van der Waals surface area contributed by atoms with E-state index in [0.29, 0.717) is 0 Å². The van der Waals surface area contributed by atoms with Crippen LogP contribution in [0.3, 0.4) is 0 Å². The van der Waals surface area contributed by atoms with Gasteiger partial charge in [-0.25, -0.2) is 0 Å². The molecule has 0 aromatic carbocycles. The Hall–Kier alpha value is -0.920. The molecule has 0 saturated carbocycles. The van der Waals surface area contributed by atoms with Crippen molar-refractivity contribution in [2.24, 2.45) is 4.99 Å². The molecule has 7 heavy (non-hydrogen) atoms. The number of rotatable bonds is 2. The van der Waals surface area contributed by atoms with Crippen LogP contribution >= 0.6 is 0 Å². The van der Waals surface area contributed by atoms with Crippen LogP contribution in [0.4, 0.5) is 0 Å². The Morgan fingerprint density at radius 3 is 2.71 bits per heavy atom. The van der Waals surface area contributed by atoms with Gasteiger partial charge < -0.3 is 5.41 Å². The van der Waals surface area contributed by atoms with E-state index in [0.717, 1.165) is 6.21 Å². The predicted octanol–water partition coefficient (Wildman–Crippen LogP) is 1.24. The highest BCUT2D eigenvalue weighted by atomic mass is 14.7. The molecule has 38 valence electrons. The summed E-state index contributed by atoms with van der Waals surface area (Å²) >= 11 is 0. The van der Waals surface area contributed by atoms with Crippen LogP contribution in [0, 0.1) is 5.41 Å². The van der Waals surface area contributed by atoms with Crippen molar-refractivity contribution in [1.82, 2.24) is 0 Å². The number of nitrogens with one attached hydrogen (secondary N) is 1. The molecule has 0 heterocycles. The van der Waals surface area contributed by atoms with E-state index in [1.165, 1.54) is 6.21 Å². The minimum atomic E-state index is 1.14. The average Bonchev–Trinajstić information content (AvgIpc) is 1.69. The normalized spacial score (nSPS) is 11.0. The third kappa shape index (κ3) is 5.08. The molecule has 0 aliphatic heterocycles. The van der Waals surface area contributed by atoms with Crippen molar-refractivity contribution < 1.29 is 0 Å². The SMILES string of the molecule is C/C=C/N=CC=N. The monoisotopic (exact) mass is 96.1 g/mol. The summed E-state index contributed by atoms with van der Waals surface area (Å²) < 4.78 is 0. The maximum Gasteiger partial charge on any atom is 0.0443 e. The lowest BCUT2D eigenvalue weighted by molar-refractivity contribution is 1.54. The van der Waals surface area contributed by atoms with Crippen molar-refractivity contribution in [2.75, 3.05) is 0 Å². The Balaban J connectivity index is 3.27. The van der Waals surface area contributed by atoms with E-state index in [1.54, 1.807) is 12.3 Å². The van der Waals surface area contributed by atoms with Gasteiger partial charge in [0, 0.05) is 18.6 Å². The summed E-state index contributed by atoms with van der Waals surface area (Å²) in [6.07, 6.45) is 5.99. The number of nitrogens with zero attached hydrogens (tertiary/aromatic N) is 1. The van der Waals surface area contributed by atoms with E-state index in [1.807, 2.05) is 6.92 Å². The summed E-state index contributed by atoms with van der Waals surface area (Å²) in [4.78, 5) is 3.66. The maximum absolute atomic E-state index is 6.47. The minimum absolute atomic E-state index is 1.14. The third-order valence-corrected chi connectivity index (χ3v) is 0.396. The van der Waals surface area contributed by atoms with E-state index in [4.69, 9.17) is 5.41 Å². The molecule has 0 aromatic rings. The van der Waals surface area contributed by atoms with Gasteiger partial charge >= 0.3 is 0 Å². The largest absolute Gasteiger partial charge is 0.307 e. The van der Waals surface area contributed by atoms with Crippen molar-refractivity contribution >= 4 is 12.4 Å². The Bertz CT molecular complexity index is 92.3. The highest BCUT2D eigenvalue weighted by Gasteiger charge is 1.53. The number of aliphatic imine (C=N–C) groups is 1. The lowest BCUT2D eigenvalue weighted by Crippen LogP contribution is -1.65. The van der Waals surface area contributed by atoms with Gasteiger partial charge in [-0.15, -0.1) is 0 Å². The smallest absolute Gasteiger partial charge is 0.0443 e. The van der Waals surface area contributed by atoms with E-state index < -0.39 is 0 Å². The molecule has 2 heteroatoms. The van der Waals surface area contributed by atoms with Gasteiger partial charge in [-0.2, -0.15) is 0 Å². The molecule has 0 aromatic heterocycles. The Morgan fingerprint density at radius 1 is 1.57 bits per heavy atom. The van der Waals surface area contributed by atoms with Gasteiger partial charge in [0.25, 0.3) is 0 Å². The van der Waals surface area contributed by atoms with Crippen LogP contribution < -0.4 is 0 Å². The zero-order valence-corrected chi connectivity index (χ0v) is 4.26. The van der Waals surface area contributed by atoms with Crippen LogP contribution in [-0.2, 0) is 0 Å². The summed E-state index contributed by atoms with van der Waals surface area (Å²) in [5.41, 5.74) is 0. The average molecular weight is 96.1 g/mol. The lowest BCUT2D eigenvalue weighted by Gasteiger charge is -1.65. The molecule has 0 bridgehead atoms. The molecule has 0 aliphatic carbocycles. The molecule has 0 radical (unpaired) electrons. The number of hydrogen-bond donors (Lipinski definition) is 1. The zero-order chi connectivity index (χ0) is 5.54. The van der Waals surface area contributed by atoms with E-state index >= 15 is 0 Å². The Labute approximate surface area is 43.1 Å². The highest BCUT2D eigenvalue weighted by Crippen LogP contribution is 1.66. The van der Waals surface area contributed by atoms with Crippen LogP contribution in [0.1, 0.15) is 6.92 Å². The zero-order valence-electron chi connectivity index (χ0n) is 4.26. The first kappa shape index (κ1) is 6.08. The van der Waals surface area contributed by atoms with Crippen molar-refractivity contribution in [3.05, 3.63) is 12.3 Å². The van der Waals surface area contributed by atoms with E-state index in [2.05, 4.69) is 4.99 Å². The van der Waals surface area contributed by atoms with Gasteiger partial charge in [-0.3, -0.25) is 4.99 Å². The van der Waals surface area contributed by atoms with Gasteiger partial charge in [-0.05, 0) is 6.92 Å². The fraction of sp³-hybridized carbons (Fsp3) is 0.200. The summed E-state index contributed by atoms with van der Waals surface area (Å²) in [6, 6.07) is 0. The van der Waals surface area contributed by atoms with Crippen molar-refractivity contribution in [1.29, 1.82) is 5.41 Å². The summed E-state index contributed by atoms with van der Waals surface area (Å²) in [5, 5.41) is 6.47. The Morgan fingerprint density at radius 2 is 2.29 bits per heavy atom. The second-order valence-electron chi connectivity index (χ2n) is 0.947. The quantitative estimate of drug-likeness (QED) is 0.502. The maximum atomic E-state index is 6.47. The number of hydrogen-bond acceptors (Lipinski definition) is 2. The second-order valence-corrected chi connectivity index (χ2v) is 0.947. The van der Waals surface area contributed by atoms with Gasteiger partial charge in [0.05, 0.1) is 0 Å². The van der Waals surface area contributed by atoms with Crippen LogP contribution in [0.25, 0.3) is 0 Å². The molecule has 2 nitrogen and oxygen atoms in total. The highest BCUT2D eigenvalue weighted by molar-refractivity contribution is 6.14. The van der Waals surface area contributed by atoms with Gasteiger partial charge in [0.1, 0.15) is 0 Å². The first-order chi connectivity index (χ1) is 3.41. The number of allylic oxidation sites excluding steroid dienone is 1. The molecule has 0 rings (SSSR count). The fourth-order valence-electron chi connectivity index (χ4n) is 0.179. The minimum Gasteiger partial charge on any atom is -0.307 e. The lowest BCUT2D eigenvalue weighted by atomic mass is 10.7. The molecule has 0 aliphatic rings. The van der Waals surface area contributed by atoms with E-state index in [9.17, 15) is 0 Å². The van der Waals surface area contributed by atoms with Crippen molar-refractivity contribution in [3.63, 3.8) is 0 Å². The molecular weight excluding hydrogens is 88.1 g/mol. The summed E-state index contributed by atoms with van der Waals surface area (Å²) in [7, 11) is 0. The standard InChI is InChI=1S/C5H8N2/c1-2-4-7-5-3-6/h2-6H,1H3/b4-2+,6-3?,7-5?. The second kappa shape index (κ2) is 5.08. The van der Waals surface area contributed by atoms with Crippen molar-refractivity contribution in [3.8, 4) is 0 Å². The molecule has 0 spiro atoms. The van der Waals surface area contributed by atoms with Crippen LogP contribution in [-0.4, -0.2) is 12.4 Å². The van der Waals surface area contributed by atoms with Gasteiger partial charge in [0.2, 0.25) is 0 Å². The summed E-state index contributed by atoms with van der Waals surface area (Å²) in [5.74, 6) is 0. The van der Waals surface area contributed by atoms with Crippen LogP contribution in [0.5, 0.6) is 0 Å². The van der Waals surface area contributed by atoms with Crippen molar-refractivity contribution in [2.45, 2.75) is 6.92 Å². The topological polar surface area (TPSA) is 36.2 Å². The summed E-state index contributed by atoms with van der Waals surface area (Å²) in [6.45, 7) is 1.88. The fourth-order valence-corrected chi connectivity index (χ4v) is 0.179. The molecule has 0 fully saturated rings. The third-order valence-electron chi connectivity index (χ3n) is 0.396. The predicted molar refractivity (Wildman–Crippen MR) is 32.1 cm³/mol. The molecule has 0 unspecified atom stereocenters. The Kier molecular flexibility index (Phi) is 4.41. The van der Waals surface area contributed by atoms with E-state index in [-0.39, 0.29) is 0 Å². The first-order valence-corrected chi connectivity index (χ1v) is 2.05. The molecule has 0 atom stereocenters. The first-order valence-electron chi connectivity index (χ1n) is 2.05. The van der Waals surface area contributed by atoms with Crippen LogP contribution in [0.15, 0.2) is 17.3 Å². The van der Waals surface area contributed by atoms with Gasteiger partial charge in [-0.1, -0.05) is 6.08 Å². The van der Waals surface area contributed by atoms with Crippen LogP contribution in [0.2, 0.25) is 0 Å². The molecular formula is C5H8N2. The van der Waals surface area contributed by atoms with Gasteiger partial charge in [0.15, 0.2) is 0 Å². The molecule has 1 N–H and O–H groups in total.